The van der Waals surface area contributed by atoms with Gasteiger partial charge >= 0.3 is 0 Å². The number of rotatable bonds is 7. The van der Waals surface area contributed by atoms with Gasteiger partial charge in [-0.05, 0) is 19.9 Å². The summed E-state index contributed by atoms with van der Waals surface area (Å²) < 4.78 is 17.0. The smallest absolute Gasteiger partial charge is 0.290 e. The van der Waals surface area contributed by atoms with Gasteiger partial charge in [-0.2, -0.15) is 4.68 Å². The number of carbonyl (C=O) groups excluding carboxylic acids is 1. The van der Waals surface area contributed by atoms with Gasteiger partial charge in [-0.3, -0.25) is 15.6 Å². The van der Waals surface area contributed by atoms with Gasteiger partial charge in [-0.1, -0.05) is 28.5 Å². The summed E-state index contributed by atoms with van der Waals surface area (Å²) in [5.74, 6) is 0.0109. The molecule has 3 heterocycles. The van der Waals surface area contributed by atoms with Gasteiger partial charge in [0.2, 0.25) is 11.6 Å². The second kappa shape index (κ2) is 9.04. The molecule has 12 nitrogen and oxygen atoms in total. The van der Waals surface area contributed by atoms with Crippen LogP contribution in [0.2, 0.25) is 0 Å². The van der Waals surface area contributed by atoms with E-state index < -0.39 is 11.9 Å². The van der Waals surface area contributed by atoms with Crippen molar-refractivity contribution in [3.8, 4) is 5.88 Å². The highest BCUT2D eigenvalue weighted by Gasteiger charge is 2.18. The zero-order valence-electron chi connectivity index (χ0n) is 17.8. The molecule has 0 bridgehead atoms. The molecule has 1 atom stereocenters. The molecule has 0 fully saturated rings. The van der Waals surface area contributed by atoms with Crippen molar-refractivity contribution in [2.75, 3.05) is 6.61 Å². The number of aromatic nitrogens is 4. The first-order valence-electron chi connectivity index (χ1n) is 9.96. The van der Waals surface area contributed by atoms with Crippen LogP contribution < -0.4 is 15.5 Å². The first-order valence-corrected chi connectivity index (χ1v) is 9.96. The lowest BCUT2D eigenvalue weighted by atomic mass is 10.2. The number of aryl methyl sites for hydroxylation is 1. The van der Waals surface area contributed by atoms with Crippen molar-refractivity contribution < 1.29 is 23.7 Å². The third-order valence-corrected chi connectivity index (χ3v) is 4.69. The first-order chi connectivity index (χ1) is 15.9. The maximum Gasteiger partial charge on any atom is 0.290 e. The minimum absolute atomic E-state index is 0.0120. The second-order valence-electron chi connectivity index (χ2n) is 7.31. The molecule has 170 valence electrons. The Hall–Kier alpha value is -4.32. The molecular formula is C21H21N7O5. The Labute approximate surface area is 186 Å². The minimum Gasteiger partial charge on any atom is -0.470 e. The molecule has 0 aliphatic carbocycles. The van der Waals surface area contributed by atoms with Crippen molar-refractivity contribution in [2.45, 2.75) is 26.5 Å². The molecule has 0 spiro atoms. The van der Waals surface area contributed by atoms with Gasteiger partial charge in [-0.15, -0.1) is 5.10 Å². The fraction of sp³-hybridized carbons (Fsp3) is 0.238. The zero-order chi connectivity index (χ0) is 23.5. The number of fused-ring (bicyclic) bond motifs is 1. The van der Waals surface area contributed by atoms with Gasteiger partial charge < -0.3 is 24.2 Å². The van der Waals surface area contributed by atoms with Crippen molar-refractivity contribution >= 4 is 22.5 Å². The summed E-state index contributed by atoms with van der Waals surface area (Å²) in [5, 5.41) is 41.6. The van der Waals surface area contributed by atoms with Crippen molar-refractivity contribution in [2.24, 2.45) is 0 Å². The number of aliphatic hydroxyl groups excluding tert-OH is 1. The van der Waals surface area contributed by atoms with Crippen LogP contribution in [0.25, 0.3) is 10.8 Å². The molecule has 0 aliphatic rings. The molecule has 1 aromatic carbocycles. The van der Waals surface area contributed by atoms with E-state index in [4.69, 9.17) is 29.7 Å². The van der Waals surface area contributed by atoms with Crippen LogP contribution in [0.3, 0.4) is 0 Å². The van der Waals surface area contributed by atoms with Gasteiger partial charge in [0.05, 0.1) is 6.61 Å². The Morgan fingerprint density at radius 2 is 2.00 bits per heavy atom. The van der Waals surface area contributed by atoms with Gasteiger partial charge in [0.15, 0.2) is 17.0 Å². The third kappa shape index (κ3) is 4.50. The standard InChI is InChI=1S/C21H21N7O5/c1-11(9-29)24-20(30)17-8-13(26-33-17)10-31-21-15-6-4-3-5-14(15)18(22)28(25-21)19(23)16-7-12(2)32-27-16/h3-8,11,22-23,29H,9-10H2,1-2H3,(H,24,30)/t11-/m1/s1. The number of benzene rings is 1. The Kier molecular flexibility index (Phi) is 6.00. The molecule has 12 heteroatoms. The topological polar surface area (TPSA) is 176 Å². The van der Waals surface area contributed by atoms with Crippen LogP contribution in [0.1, 0.15) is 34.6 Å². The highest BCUT2D eigenvalue weighted by Crippen LogP contribution is 2.21. The third-order valence-electron chi connectivity index (χ3n) is 4.69. The summed E-state index contributed by atoms with van der Waals surface area (Å²) in [6, 6.07) is 9.61. The number of ether oxygens (including phenoxy) is 1. The number of aliphatic hydroxyl groups is 1. The first kappa shape index (κ1) is 21.9. The van der Waals surface area contributed by atoms with Gasteiger partial charge in [0.25, 0.3) is 5.91 Å². The van der Waals surface area contributed by atoms with Gasteiger partial charge in [0, 0.05) is 28.9 Å². The fourth-order valence-electron chi connectivity index (χ4n) is 3.01. The highest BCUT2D eigenvalue weighted by molar-refractivity contribution is 5.97. The second-order valence-corrected chi connectivity index (χ2v) is 7.31. The van der Waals surface area contributed by atoms with Crippen LogP contribution >= 0.6 is 0 Å². The molecular weight excluding hydrogens is 430 g/mol. The predicted octanol–water partition coefficient (Wildman–Crippen LogP) is 1.36. The summed E-state index contributed by atoms with van der Waals surface area (Å²) >= 11 is 0. The monoisotopic (exact) mass is 451 g/mol. The molecule has 0 aliphatic heterocycles. The SMILES string of the molecule is Cc1cc(C(=N)n2nc(OCc3cc(C(=O)N[C@H](C)CO)on3)c3ccccc3c2=N)no1. The lowest BCUT2D eigenvalue weighted by Crippen LogP contribution is -2.34. The van der Waals surface area contributed by atoms with E-state index in [9.17, 15) is 4.79 Å². The van der Waals surface area contributed by atoms with Crippen LogP contribution in [-0.2, 0) is 6.61 Å². The Morgan fingerprint density at radius 1 is 1.24 bits per heavy atom. The van der Waals surface area contributed by atoms with E-state index in [2.05, 4.69) is 20.7 Å². The van der Waals surface area contributed by atoms with Crippen LogP contribution in [-0.4, -0.2) is 49.6 Å². The van der Waals surface area contributed by atoms with E-state index in [1.165, 1.54) is 6.07 Å². The summed E-state index contributed by atoms with van der Waals surface area (Å²) in [4.78, 5) is 12.1. The van der Waals surface area contributed by atoms with Crippen molar-refractivity contribution in [1.82, 2.24) is 25.4 Å². The summed E-state index contributed by atoms with van der Waals surface area (Å²) in [7, 11) is 0. The molecule has 0 saturated carbocycles. The molecule has 0 unspecified atom stereocenters. The Morgan fingerprint density at radius 3 is 2.70 bits per heavy atom. The average Bonchev–Trinajstić information content (AvgIpc) is 3.47. The van der Waals surface area contributed by atoms with E-state index in [0.717, 1.165) is 4.68 Å². The van der Waals surface area contributed by atoms with Crippen LogP contribution in [0.5, 0.6) is 5.88 Å². The average molecular weight is 451 g/mol. The Bertz CT molecular complexity index is 1390. The molecule has 4 N–H and O–H groups in total. The van der Waals surface area contributed by atoms with Crippen LogP contribution in [0.15, 0.2) is 45.4 Å². The summed E-state index contributed by atoms with van der Waals surface area (Å²) in [6.07, 6.45) is 0. The normalized spacial score (nSPS) is 12.0. The van der Waals surface area contributed by atoms with Crippen LogP contribution in [0.4, 0.5) is 0 Å². The molecule has 4 aromatic rings. The lowest BCUT2D eigenvalue weighted by Gasteiger charge is -2.12. The zero-order valence-corrected chi connectivity index (χ0v) is 17.8. The van der Waals surface area contributed by atoms with Crippen molar-refractivity contribution in [3.63, 3.8) is 0 Å². The predicted molar refractivity (Wildman–Crippen MR) is 114 cm³/mol. The number of amides is 1. The molecule has 0 radical (unpaired) electrons. The van der Waals surface area contributed by atoms with Crippen molar-refractivity contribution in [1.29, 1.82) is 10.8 Å². The Balaban J connectivity index is 1.62. The van der Waals surface area contributed by atoms with E-state index >= 15 is 0 Å². The minimum atomic E-state index is -0.508. The highest BCUT2D eigenvalue weighted by atomic mass is 16.5. The van der Waals surface area contributed by atoms with E-state index in [1.54, 1.807) is 44.2 Å². The quantitative estimate of drug-likeness (QED) is 0.240. The van der Waals surface area contributed by atoms with Gasteiger partial charge in [0.1, 0.15) is 18.1 Å². The maximum absolute atomic E-state index is 12.1. The molecule has 3 aromatic heterocycles. The fourth-order valence-corrected chi connectivity index (χ4v) is 3.01. The summed E-state index contributed by atoms with van der Waals surface area (Å²) in [5.41, 5.74) is 0.553. The molecule has 0 saturated heterocycles. The summed E-state index contributed by atoms with van der Waals surface area (Å²) in [6.45, 7) is 3.08. The number of hydrogen-bond acceptors (Lipinski definition) is 10. The van der Waals surface area contributed by atoms with E-state index in [-0.39, 0.29) is 41.9 Å². The number of nitrogens with one attached hydrogen (secondary N) is 3. The maximum atomic E-state index is 12.1. The lowest BCUT2D eigenvalue weighted by molar-refractivity contribution is 0.0884. The van der Waals surface area contributed by atoms with Crippen LogP contribution in [0, 0.1) is 17.7 Å². The van der Waals surface area contributed by atoms with E-state index in [1.807, 2.05) is 0 Å². The number of nitrogens with zero attached hydrogens (tertiary/aromatic N) is 4. The molecule has 33 heavy (non-hydrogen) atoms. The van der Waals surface area contributed by atoms with E-state index in [0.29, 0.717) is 22.2 Å². The number of carbonyl (C=O) groups is 1. The largest absolute Gasteiger partial charge is 0.470 e. The molecule has 1 amide bonds. The molecule has 4 rings (SSSR count). The van der Waals surface area contributed by atoms with Gasteiger partial charge in [-0.25, -0.2) is 0 Å². The van der Waals surface area contributed by atoms with Crippen molar-refractivity contribution in [3.05, 3.63) is 64.8 Å². The number of hydrogen-bond donors (Lipinski definition) is 4.